The molecule has 1 N–H and O–H groups in total. The molecule has 0 atom stereocenters. The van der Waals surface area contributed by atoms with Crippen LogP contribution >= 0.6 is 15.9 Å². The molecule has 0 saturated carbocycles. The number of amides is 2. The Balaban J connectivity index is 1.60. The fourth-order valence-corrected chi connectivity index (χ4v) is 3.75. The van der Waals surface area contributed by atoms with E-state index in [4.69, 9.17) is 9.47 Å². The fourth-order valence-electron chi connectivity index (χ4n) is 3.18. The Morgan fingerprint density at radius 2 is 1.68 bits per heavy atom. The van der Waals surface area contributed by atoms with Crippen LogP contribution in [0.3, 0.4) is 0 Å². The number of hydrazine groups is 1. The molecule has 1 aliphatic heterocycles. The number of hydrogen-bond donors (Lipinski definition) is 1. The number of carbonyl (C=O) groups excluding carboxylic acids is 2. The van der Waals surface area contributed by atoms with E-state index in [0.717, 1.165) is 5.56 Å². The largest absolute Gasteiger partial charge is 0.493 e. The predicted molar refractivity (Wildman–Crippen MR) is 122 cm³/mol. The van der Waals surface area contributed by atoms with Crippen molar-refractivity contribution in [2.45, 2.75) is 6.61 Å². The van der Waals surface area contributed by atoms with Crippen molar-refractivity contribution in [2.24, 2.45) is 0 Å². The minimum Gasteiger partial charge on any atom is -0.493 e. The van der Waals surface area contributed by atoms with Crippen molar-refractivity contribution in [2.75, 3.05) is 12.1 Å². The highest BCUT2D eigenvalue weighted by Crippen LogP contribution is 2.38. The van der Waals surface area contributed by atoms with E-state index in [1.165, 1.54) is 11.1 Å². The first kappa shape index (κ1) is 20.7. The summed E-state index contributed by atoms with van der Waals surface area (Å²) in [5.41, 5.74) is 4.87. The molecule has 0 aromatic heterocycles. The van der Waals surface area contributed by atoms with E-state index >= 15 is 0 Å². The Kier molecular flexibility index (Phi) is 6.04. The van der Waals surface area contributed by atoms with E-state index in [2.05, 4.69) is 21.4 Å². The van der Waals surface area contributed by atoms with Gasteiger partial charge in [0.1, 0.15) is 12.2 Å². The number of hydrogen-bond acceptors (Lipinski definition) is 4. The number of methoxy groups -OCH3 is 1. The van der Waals surface area contributed by atoms with Gasteiger partial charge in [-0.15, -0.1) is 0 Å². The van der Waals surface area contributed by atoms with Crippen molar-refractivity contribution in [3.8, 4) is 11.5 Å². The first-order chi connectivity index (χ1) is 15.1. The summed E-state index contributed by atoms with van der Waals surface area (Å²) in [6.07, 6.45) is 1.54. The SMILES string of the molecule is COc1cc(C=C2C(=O)NN(c3ccccc3)C2=O)cc(Br)c1OCc1ccccc1. The van der Waals surface area contributed by atoms with Gasteiger partial charge in [-0.1, -0.05) is 48.5 Å². The van der Waals surface area contributed by atoms with Gasteiger partial charge in [-0.2, -0.15) is 0 Å². The number of para-hydroxylation sites is 1. The number of benzene rings is 3. The van der Waals surface area contributed by atoms with Crippen LogP contribution in [-0.4, -0.2) is 18.9 Å². The van der Waals surface area contributed by atoms with Gasteiger partial charge in [0, 0.05) is 0 Å². The summed E-state index contributed by atoms with van der Waals surface area (Å²) in [5, 5.41) is 1.23. The Labute approximate surface area is 188 Å². The lowest BCUT2D eigenvalue weighted by atomic mass is 10.1. The molecular weight excluding hydrogens is 460 g/mol. The Morgan fingerprint density at radius 1 is 1.00 bits per heavy atom. The van der Waals surface area contributed by atoms with Gasteiger partial charge in [0.25, 0.3) is 11.8 Å². The summed E-state index contributed by atoms with van der Waals surface area (Å²) in [6, 6.07) is 22.2. The van der Waals surface area contributed by atoms with Gasteiger partial charge in [-0.25, -0.2) is 5.01 Å². The second-order valence-electron chi connectivity index (χ2n) is 6.78. The molecule has 0 spiro atoms. The second-order valence-corrected chi connectivity index (χ2v) is 7.64. The van der Waals surface area contributed by atoms with Gasteiger partial charge < -0.3 is 9.47 Å². The van der Waals surface area contributed by atoms with Crippen LogP contribution in [-0.2, 0) is 16.2 Å². The zero-order valence-corrected chi connectivity index (χ0v) is 18.3. The van der Waals surface area contributed by atoms with Gasteiger partial charge in [0.15, 0.2) is 11.5 Å². The molecule has 0 bridgehead atoms. The first-order valence-electron chi connectivity index (χ1n) is 9.53. The van der Waals surface area contributed by atoms with Crippen LogP contribution < -0.4 is 19.9 Å². The number of carbonyl (C=O) groups is 2. The molecule has 2 amide bonds. The van der Waals surface area contributed by atoms with Gasteiger partial charge in [0.2, 0.25) is 0 Å². The van der Waals surface area contributed by atoms with Crippen LogP contribution in [0.25, 0.3) is 6.08 Å². The van der Waals surface area contributed by atoms with E-state index in [9.17, 15) is 9.59 Å². The van der Waals surface area contributed by atoms with Crippen LogP contribution in [0.4, 0.5) is 5.69 Å². The highest BCUT2D eigenvalue weighted by molar-refractivity contribution is 9.10. The van der Waals surface area contributed by atoms with Crippen molar-refractivity contribution in [3.63, 3.8) is 0 Å². The van der Waals surface area contributed by atoms with E-state index in [-0.39, 0.29) is 5.57 Å². The third-order valence-electron chi connectivity index (χ3n) is 4.69. The smallest absolute Gasteiger partial charge is 0.282 e. The number of nitrogens with zero attached hydrogens (tertiary/aromatic N) is 1. The van der Waals surface area contributed by atoms with Crippen molar-refractivity contribution < 1.29 is 19.1 Å². The first-order valence-corrected chi connectivity index (χ1v) is 10.3. The molecule has 1 aliphatic rings. The molecule has 0 unspecified atom stereocenters. The molecule has 4 rings (SSSR count). The number of nitrogens with one attached hydrogen (secondary N) is 1. The molecule has 1 fully saturated rings. The van der Waals surface area contributed by atoms with Gasteiger partial charge in [-0.05, 0) is 57.4 Å². The van der Waals surface area contributed by atoms with Crippen LogP contribution in [0, 0.1) is 0 Å². The minimum atomic E-state index is -0.464. The zero-order chi connectivity index (χ0) is 21.8. The molecule has 6 nitrogen and oxygen atoms in total. The lowest BCUT2D eigenvalue weighted by Crippen LogP contribution is -2.35. The number of rotatable bonds is 6. The molecule has 7 heteroatoms. The van der Waals surface area contributed by atoms with E-state index in [1.54, 1.807) is 43.5 Å². The van der Waals surface area contributed by atoms with Crippen LogP contribution in [0.5, 0.6) is 11.5 Å². The highest BCUT2D eigenvalue weighted by atomic mass is 79.9. The van der Waals surface area contributed by atoms with Crippen LogP contribution in [0.2, 0.25) is 0 Å². The Morgan fingerprint density at radius 3 is 2.35 bits per heavy atom. The molecule has 0 aliphatic carbocycles. The summed E-state index contributed by atoms with van der Waals surface area (Å²) in [7, 11) is 1.54. The maximum atomic E-state index is 12.8. The van der Waals surface area contributed by atoms with Gasteiger partial charge >= 0.3 is 0 Å². The summed E-state index contributed by atoms with van der Waals surface area (Å²) < 4.78 is 12.1. The van der Waals surface area contributed by atoms with Crippen LogP contribution in [0.15, 0.2) is 82.8 Å². The Hall–Kier alpha value is -3.58. The number of halogens is 1. The summed E-state index contributed by atoms with van der Waals surface area (Å²) >= 11 is 3.51. The third-order valence-corrected chi connectivity index (χ3v) is 5.28. The molecule has 1 heterocycles. The lowest BCUT2D eigenvalue weighted by molar-refractivity contribution is -0.117. The highest BCUT2D eigenvalue weighted by Gasteiger charge is 2.34. The van der Waals surface area contributed by atoms with Crippen molar-refractivity contribution in [1.29, 1.82) is 0 Å². The molecule has 0 radical (unpaired) electrons. The average molecular weight is 479 g/mol. The van der Waals surface area contributed by atoms with Gasteiger partial charge in [0.05, 0.1) is 17.3 Å². The second kappa shape index (κ2) is 9.06. The topological polar surface area (TPSA) is 67.9 Å². The summed E-state index contributed by atoms with van der Waals surface area (Å²) in [5.74, 6) is 0.147. The van der Waals surface area contributed by atoms with Gasteiger partial charge in [-0.3, -0.25) is 15.0 Å². The van der Waals surface area contributed by atoms with E-state index < -0.39 is 11.8 Å². The standard InChI is InChI=1S/C24H19BrN2O4/c1-30-21-14-17(13-20(25)22(21)31-15-16-8-4-2-5-9-16)12-19-23(28)26-27(24(19)29)18-10-6-3-7-11-18/h2-14H,15H2,1H3,(H,26,28). The molecule has 1 saturated heterocycles. The monoisotopic (exact) mass is 478 g/mol. The normalized spacial score (nSPS) is 14.6. The Bertz CT molecular complexity index is 1150. The minimum absolute atomic E-state index is 0.0377. The quantitative estimate of drug-likeness (QED) is 0.418. The van der Waals surface area contributed by atoms with Crippen molar-refractivity contribution >= 4 is 39.5 Å². The fraction of sp³-hybridized carbons (Fsp3) is 0.0833. The number of ether oxygens (including phenoxy) is 2. The maximum absolute atomic E-state index is 12.8. The lowest BCUT2D eigenvalue weighted by Gasteiger charge is -2.14. The van der Waals surface area contributed by atoms with Crippen LogP contribution in [0.1, 0.15) is 11.1 Å². The average Bonchev–Trinajstić information content (AvgIpc) is 3.07. The summed E-state index contributed by atoms with van der Waals surface area (Å²) in [4.78, 5) is 25.2. The number of anilines is 1. The predicted octanol–water partition coefficient (Wildman–Crippen LogP) is 4.50. The molecule has 3 aromatic carbocycles. The van der Waals surface area contributed by atoms with Crippen molar-refractivity contribution in [3.05, 3.63) is 94.0 Å². The van der Waals surface area contributed by atoms with Crippen molar-refractivity contribution in [1.82, 2.24) is 5.43 Å². The maximum Gasteiger partial charge on any atom is 0.282 e. The van der Waals surface area contributed by atoms with E-state index in [1.807, 2.05) is 36.4 Å². The molecule has 3 aromatic rings. The zero-order valence-electron chi connectivity index (χ0n) is 16.7. The third kappa shape index (κ3) is 4.46. The van der Waals surface area contributed by atoms with E-state index in [0.29, 0.717) is 33.8 Å². The molecule has 156 valence electrons. The molecule has 31 heavy (non-hydrogen) atoms. The summed E-state index contributed by atoms with van der Waals surface area (Å²) in [6.45, 7) is 0.378. The molecular formula is C24H19BrN2O4.